The van der Waals surface area contributed by atoms with E-state index in [4.69, 9.17) is 11.6 Å². The number of hydrogen-bond donors (Lipinski definition) is 0. The lowest BCUT2D eigenvalue weighted by molar-refractivity contribution is 0.106. The molecular weight excluding hydrogens is 260 g/mol. The molecule has 1 aliphatic heterocycles. The van der Waals surface area contributed by atoms with E-state index in [9.17, 15) is 0 Å². The Kier molecular flexibility index (Phi) is 3.46. The standard InChI is InChI=1S/C14H19ClN4/c1-10(2)18-8-4-3-5-12(18)14-16-13-7-6-11(15)9-19(13)17-14/h6-7,9-10,12H,3-5,8H2,1-2H3. The van der Waals surface area contributed by atoms with E-state index in [0.29, 0.717) is 17.1 Å². The monoisotopic (exact) mass is 278 g/mol. The zero-order valence-corrected chi connectivity index (χ0v) is 12.1. The minimum absolute atomic E-state index is 0.340. The van der Waals surface area contributed by atoms with Gasteiger partial charge in [-0.15, -0.1) is 5.10 Å². The van der Waals surface area contributed by atoms with Crippen LogP contribution in [0.2, 0.25) is 5.02 Å². The zero-order chi connectivity index (χ0) is 13.4. The molecule has 4 nitrogen and oxygen atoms in total. The fourth-order valence-corrected chi connectivity index (χ4v) is 3.02. The third-order valence-corrected chi connectivity index (χ3v) is 4.04. The Labute approximate surface area is 118 Å². The second-order valence-corrected chi connectivity index (χ2v) is 5.90. The predicted molar refractivity (Wildman–Crippen MR) is 76.4 cm³/mol. The van der Waals surface area contributed by atoms with Crippen LogP contribution in [-0.4, -0.2) is 32.1 Å². The highest BCUT2D eigenvalue weighted by molar-refractivity contribution is 6.30. The Morgan fingerprint density at radius 2 is 2.16 bits per heavy atom. The van der Waals surface area contributed by atoms with Gasteiger partial charge in [-0.25, -0.2) is 9.50 Å². The van der Waals surface area contributed by atoms with Gasteiger partial charge >= 0.3 is 0 Å². The first kappa shape index (κ1) is 12.9. The zero-order valence-electron chi connectivity index (χ0n) is 11.4. The minimum Gasteiger partial charge on any atom is -0.291 e. The van der Waals surface area contributed by atoms with Gasteiger partial charge < -0.3 is 0 Å². The molecule has 1 unspecified atom stereocenters. The molecule has 0 bridgehead atoms. The largest absolute Gasteiger partial charge is 0.291 e. The Bertz CT molecular complexity index is 578. The molecule has 2 aromatic heterocycles. The Balaban J connectivity index is 1.97. The molecule has 0 amide bonds. The number of aromatic nitrogens is 3. The number of pyridine rings is 1. The van der Waals surface area contributed by atoms with Gasteiger partial charge in [0, 0.05) is 12.2 Å². The predicted octanol–water partition coefficient (Wildman–Crippen LogP) is 3.32. The molecule has 0 spiro atoms. The normalized spacial score (nSPS) is 21.4. The smallest absolute Gasteiger partial charge is 0.168 e. The number of halogens is 1. The lowest BCUT2D eigenvalue weighted by Crippen LogP contribution is -2.39. The van der Waals surface area contributed by atoms with Crippen LogP contribution < -0.4 is 0 Å². The molecule has 3 heterocycles. The van der Waals surface area contributed by atoms with Gasteiger partial charge in [-0.2, -0.15) is 0 Å². The summed E-state index contributed by atoms with van der Waals surface area (Å²) >= 11 is 5.99. The second kappa shape index (κ2) is 5.10. The summed E-state index contributed by atoms with van der Waals surface area (Å²) < 4.78 is 1.78. The van der Waals surface area contributed by atoms with Crippen molar-refractivity contribution in [2.45, 2.75) is 45.2 Å². The van der Waals surface area contributed by atoms with Crippen LogP contribution in [0.15, 0.2) is 18.3 Å². The van der Waals surface area contributed by atoms with Gasteiger partial charge in [-0.3, -0.25) is 4.90 Å². The highest BCUT2D eigenvalue weighted by Crippen LogP contribution is 2.30. The van der Waals surface area contributed by atoms with Crippen LogP contribution in [0.5, 0.6) is 0 Å². The molecule has 0 aliphatic carbocycles. The van der Waals surface area contributed by atoms with Crippen LogP contribution in [0.25, 0.3) is 5.65 Å². The second-order valence-electron chi connectivity index (χ2n) is 5.46. The molecule has 1 saturated heterocycles. The van der Waals surface area contributed by atoms with E-state index < -0.39 is 0 Å². The Hall–Kier alpha value is -1.13. The van der Waals surface area contributed by atoms with E-state index in [-0.39, 0.29) is 0 Å². The maximum absolute atomic E-state index is 5.99. The first-order valence-corrected chi connectivity index (χ1v) is 7.30. The number of fused-ring (bicyclic) bond motifs is 1. The summed E-state index contributed by atoms with van der Waals surface area (Å²) in [6, 6.07) is 4.64. The molecule has 3 rings (SSSR count). The van der Waals surface area contributed by atoms with Crippen LogP contribution >= 0.6 is 11.6 Å². The van der Waals surface area contributed by atoms with Gasteiger partial charge in [0.25, 0.3) is 0 Å². The van der Waals surface area contributed by atoms with Crippen molar-refractivity contribution in [3.8, 4) is 0 Å². The van der Waals surface area contributed by atoms with Crippen molar-refractivity contribution >= 4 is 17.2 Å². The third-order valence-electron chi connectivity index (χ3n) is 3.82. The van der Waals surface area contributed by atoms with Gasteiger partial charge in [0.05, 0.1) is 11.1 Å². The summed E-state index contributed by atoms with van der Waals surface area (Å²) in [5.41, 5.74) is 0.869. The molecule has 2 aromatic rings. The fourth-order valence-electron chi connectivity index (χ4n) is 2.87. The third kappa shape index (κ3) is 2.47. The van der Waals surface area contributed by atoms with Crippen LogP contribution in [0.4, 0.5) is 0 Å². The minimum atomic E-state index is 0.340. The van der Waals surface area contributed by atoms with Gasteiger partial charge in [0.15, 0.2) is 11.5 Å². The van der Waals surface area contributed by atoms with E-state index in [1.807, 2.05) is 18.3 Å². The van der Waals surface area contributed by atoms with E-state index >= 15 is 0 Å². The molecule has 1 fully saturated rings. The number of rotatable bonds is 2. The van der Waals surface area contributed by atoms with Crippen molar-refractivity contribution in [3.63, 3.8) is 0 Å². The molecule has 1 atom stereocenters. The fraction of sp³-hybridized carbons (Fsp3) is 0.571. The molecular formula is C14H19ClN4. The first-order valence-electron chi connectivity index (χ1n) is 6.93. The molecule has 5 heteroatoms. The first-order chi connectivity index (χ1) is 9.15. The van der Waals surface area contributed by atoms with Gasteiger partial charge in [-0.1, -0.05) is 18.0 Å². The molecule has 0 aromatic carbocycles. The topological polar surface area (TPSA) is 33.4 Å². The van der Waals surface area contributed by atoms with Gasteiger partial charge in [-0.05, 0) is 45.4 Å². The molecule has 19 heavy (non-hydrogen) atoms. The van der Waals surface area contributed by atoms with E-state index in [1.165, 1.54) is 12.8 Å². The highest BCUT2D eigenvalue weighted by atomic mass is 35.5. The molecule has 102 valence electrons. The van der Waals surface area contributed by atoms with E-state index in [2.05, 4.69) is 28.8 Å². The molecule has 1 aliphatic rings. The lowest BCUT2D eigenvalue weighted by Gasteiger charge is -2.36. The molecule has 0 N–H and O–H groups in total. The van der Waals surface area contributed by atoms with Crippen LogP contribution in [0.1, 0.15) is 45.0 Å². The highest BCUT2D eigenvalue weighted by Gasteiger charge is 2.28. The lowest BCUT2D eigenvalue weighted by atomic mass is 10.00. The summed E-state index contributed by atoms with van der Waals surface area (Å²) in [6.07, 6.45) is 5.48. The van der Waals surface area contributed by atoms with Crippen molar-refractivity contribution < 1.29 is 0 Å². The van der Waals surface area contributed by atoms with Crippen LogP contribution in [-0.2, 0) is 0 Å². The number of likely N-dealkylation sites (tertiary alicyclic amines) is 1. The van der Waals surface area contributed by atoms with Gasteiger partial charge in [0.2, 0.25) is 0 Å². The quantitative estimate of drug-likeness (QED) is 0.845. The van der Waals surface area contributed by atoms with Gasteiger partial charge in [0.1, 0.15) is 0 Å². The Morgan fingerprint density at radius 3 is 2.95 bits per heavy atom. The SMILES string of the molecule is CC(C)N1CCCCC1c1nc2ccc(Cl)cn2n1. The Morgan fingerprint density at radius 1 is 1.32 bits per heavy atom. The van der Waals surface area contributed by atoms with Crippen molar-refractivity contribution in [1.29, 1.82) is 0 Å². The van der Waals surface area contributed by atoms with Crippen molar-refractivity contribution in [1.82, 2.24) is 19.5 Å². The summed E-state index contributed by atoms with van der Waals surface area (Å²) in [4.78, 5) is 7.16. The number of nitrogens with zero attached hydrogens (tertiary/aromatic N) is 4. The van der Waals surface area contributed by atoms with Crippen molar-refractivity contribution in [3.05, 3.63) is 29.2 Å². The summed E-state index contributed by atoms with van der Waals surface area (Å²) in [6.45, 7) is 5.62. The number of hydrogen-bond acceptors (Lipinski definition) is 3. The van der Waals surface area contributed by atoms with Crippen LogP contribution in [0, 0.1) is 0 Å². The maximum atomic E-state index is 5.99. The molecule has 0 radical (unpaired) electrons. The van der Waals surface area contributed by atoms with E-state index in [1.54, 1.807) is 4.52 Å². The summed E-state index contributed by atoms with van der Waals surface area (Å²) in [7, 11) is 0. The molecule has 0 saturated carbocycles. The average Bonchev–Trinajstić information content (AvgIpc) is 2.81. The van der Waals surface area contributed by atoms with E-state index in [0.717, 1.165) is 24.4 Å². The number of piperidine rings is 1. The average molecular weight is 279 g/mol. The summed E-state index contributed by atoms with van der Waals surface area (Å²) in [5, 5.41) is 5.30. The maximum Gasteiger partial charge on any atom is 0.168 e. The van der Waals surface area contributed by atoms with Crippen LogP contribution in [0.3, 0.4) is 0 Å². The summed E-state index contributed by atoms with van der Waals surface area (Å²) in [5.74, 6) is 0.927. The van der Waals surface area contributed by atoms with Crippen molar-refractivity contribution in [2.75, 3.05) is 6.54 Å². The van der Waals surface area contributed by atoms with Crippen molar-refractivity contribution in [2.24, 2.45) is 0 Å².